The lowest BCUT2D eigenvalue weighted by atomic mass is 9.39. The van der Waals surface area contributed by atoms with Crippen LogP contribution >= 0.6 is 0 Å². The topological polar surface area (TPSA) is 133 Å². The van der Waals surface area contributed by atoms with E-state index in [4.69, 9.17) is 33.2 Å². The van der Waals surface area contributed by atoms with Crippen molar-refractivity contribution in [3.63, 3.8) is 0 Å². The van der Waals surface area contributed by atoms with Gasteiger partial charge in [0, 0.05) is 73.0 Å². The van der Waals surface area contributed by atoms with Crippen LogP contribution in [0, 0.1) is 34.0 Å². The van der Waals surface area contributed by atoms with Gasteiger partial charge in [-0.1, -0.05) is 32.4 Å². The Morgan fingerprint density at radius 2 is 1.66 bits per heavy atom. The van der Waals surface area contributed by atoms with E-state index in [1.165, 1.54) is 13.8 Å². The molecule has 0 bridgehead atoms. The number of hydrogen-bond acceptors (Lipinski definition) is 11. The Labute approximate surface area is 276 Å². The fourth-order valence-corrected chi connectivity index (χ4v) is 10.6. The molecule has 6 rings (SSSR count). The molecule has 0 unspecified atom stereocenters. The van der Waals surface area contributed by atoms with Gasteiger partial charge in [0.05, 0.1) is 18.8 Å². The summed E-state index contributed by atoms with van der Waals surface area (Å²) in [5.41, 5.74) is 0.623. The molecule has 0 N–H and O–H groups in total. The zero-order valence-corrected chi connectivity index (χ0v) is 28.9. The van der Waals surface area contributed by atoms with E-state index in [9.17, 15) is 19.2 Å². The number of allylic oxidation sites excluding steroid dienone is 2. The van der Waals surface area contributed by atoms with Crippen LogP contribution in [0.5, 0.6) is 0 Å². The highest BCUT2D eigenvalue weighted by atomic mass is 16.7. The summed E-state index contributed by atoms with van der Waals surface area (Å²) in [5, 5.41) is 0. The largest absolute Gasteiger partial charge is 0.462 e. The van der Waals surface area contributed by atoms with Crippen molar-refractivity contribution in [1.29, 1.82) is 0 Å². The lowest BCUT2D eigenvalue weighted by Gasteiger charge is -2.66. The number of hydrogen-bond donors (Lipinski definition) is 0. The molecule has 0 aromatic carbocycles. The van der Waals surface area contributed by atoms with Crippen molar-refractivity contribution in [2.45, 2.75) is 111 Å². The summed E-state index contributed by atoms with van der Waals surface area (Å²) in [6, 6.07) is 0. The first-order chi connectivity index (χ1) is 22.1. The Hall–Kier alpha value is -3.02. The third kappa shape index (κ3) is 4.93. The van der Waals surface area contributed by atoms with Crippen molar-refractivity contribution in [2.24, 2.45) is 34.0 Å². The van der Waals surface area contributed by atoms with Gasteiger partial charge in [0.25, 0.3) is 0 Å². The molecule has 0 aromatic rings. The number of carbonyl (C=O) groups excluding carboxylic acids is 4. The highest BCUT2D eigenvalue weighted by Gasteiger charge is 2.77. The van der Waals surface area contributed by atoms with E-state index in [0.717, 1.165) is 11.1 Å². The second kappa shape index (κ2) is 11.8. The van der Waals surface area contributed by atoms with Crippen LogP contribution in [0.1, 0.15) is 74.7 Å². The highest BCUT2D eigenvalue weighted by molar-refractivity contribution is 5.92. The number of cyclic esters (lactones) is 1. The first kappa shape index (κ1) is 33.9. The summed E-state index contributed by atoms with van der Waals surface area (Å²) in [6.07, 6.45) is 0.978. The number of carbonyl (C=O) groups is 4. The van der Waals surface area contributed by atoms with E-state index < -0.39 is 71.0 Å². The van der Waals surface area contributed by atoms with Crippen LogP contribution in [0.15, 0.2) is 34.4 Å². The third-order valence-electron chi connectivity index (χ3n) is 12.6. The predicted molar refractivity (Wildman–Crippen MR) is 166 cm³/mol. The van der Waals surface area contributed by atoms with E-state index in [2.05, 4.69) is 20.8 Å². The van der Waals surface area contributed by atoms with Crippen LogP contribution in [0.2, 0.25) is 0 Å². The van der Waals surface area contributed by atoms with Crippen molar-refractivity contribution in [3.05, 3.63) is 34.4 Å². The summed E-state index contributed by atoms with van der Waals surface area (Å²) in [4.78, 5) is 51.8. The standard InChI is InChI=1S/C36H48O11/c1-10-17(2)32(39)47-31-29-30-34(6,16-43-29)25(44-19(4)37)15-26(45-20(5)38)35(30,7)24-14-27(41-9)46-23-13-22(21-11-12-42-33(21)40)18(3)28(23)36(24,31)8/h10-11,22-27,29-31H,12-16H2,1-9H3/b17-10+/t22-,23+,24-,25-,26+,27-,29-,30+,31-,34-,35+,36-/m1/s1. The average Bonchev–Trinajstić information content (AvgIpc) is 3.67. The van der Waals surface area contributed by atoms with E-state index in [0.29, 0.717) is 24.0 Å². The molecule has 11 nitrogen and oxygen atoms in total. The van der Waals surface area contributed by atoms with E-state index in [-0.39, 0.29) is 43.4 Å². The second-order valence-electron chi connectivity index (χ2n) is 14.9. The maximum atomic E-state index is 13.7. The Bertz CT molecular complexity index is 1460. The second-order valence-corrected chi connectivity index (χ2v) is 14.9. The summed E-state index contributed by atoms with van der Waals surface area (Å²) < 4.78 is 43.6. The molecule has 6 aliphatic rings. The van der Waals surface area contributed by atoms with Gasteiger partial charge in [-0.25, -0.2) is 9.59 Å². The lowest BCUT2D eigenvalue weighted by molar-refractivity contribution is -0.262. The third-order valence-corrected chi connectivity index (χ3v) is 12.6. The minimum atomic E-state index is -0.905. The zero-order chi connectivity index (χ0) is 34.2. The van der Waals surface area contributed by atoms with Crippen molar-refractivity contribution in [3.8, 4) is 0 Å². The monoisotopic (exact) mass is 656 g/mol. The number of fused-ring (bicyclic) bond motifs is 4. The number of rotatable bonds is 6. The minimum Gasteiger partial charge on any atom is -0.462 e. The molecular formula is C36H48O11. The number of esters is 4. The highest BCUT2D eigenvalue weighted by Crippen LogP contribution is 2.72. The minimum absolute atomic E-state index is 0.226. The van der Waals surface area contributed by atoms with Crippen LogP contribution in [0.25, 0.3) is 0 Å². The average molecular weight is 657 g/mol. The molecule has 2 saturated heterocycles. The maximum Gasteiger partial charge on any atom is 0.334 e. The van der Waals surface area contributed by atoms with Crippen LogP contribution in [0.4, 0.5) is 0 Å². The predicted octanol–water partition coefficient (Wildman–Crippen LogP) is 4.38. The Balaban J connectivity index is 1.61. The molecule has 12 atom stereocenters. The van der Waals surface area contributed by atoms with Gasteiger partial charge in [0.15, 0.2) is 6.29 Å². The van der Waals surface area contributed by atoms with Gasteiger partial charge in [-0.3, -0.25) is 9.59 Å². The summed E-state index contributed by atoms with van der Waals surface area (Å²) >= 11 is 0. The Morgan fingerprint density at radius 3 is 2.26 bits per heavy atom. The van der Waals surface area contributed by atoms with Crippen LogP contribution in [-0.4, -0.2) is 81.0 Å². The van der Waals surface area contributed by atoms with Gasteiger partial charge >= 0.3 is 23.9 Å². The molecule has 47 heavy (non-hydrogen) atoms. The smallest absolute Gasteiger partial charge is 0.334 e. The van der Waals surface area contributed by atoms with Crippen molar-refractivity contribution < 1.29 is 52.3 Å². The van der Waals surface area contributed by atoms with E-state index in [1.807, 2.05) is 13.0 Å². The van der Waals surface area contributed by atoms with Gasteiger partial charge in [0.1, 0.15) is 24.9 Å². The fraction of sp³-hybridized carbons (Fsp3) is 0.722. The van der Waals surface area contributed by atoms with Crippen molar-refractivity contribution in [2.75, 3.05) is 20.3 Å². The van der Waals surface area contributed by atoms with Gasteiger partial charge in [-0.15, -0.1) is 0 Å². The van der Waals surface area contributed by atoms with Gasteiger partial charge in [-0.05, 0) is 44.8 Å². The number of methoxy groups -OCH3 is 1. The molecule has 2 saturated carbocycles. The van der Waals surface area contributed by atoms with E-state index in [1.54, 1.807) is 27.0 Å². The first-order valence-electron chi connectivity index (χ1n) is 16.7. The fourth-order valence-electron chi connectivity index (χ4n) is 10.6. The normalized spacial score (nSPS) is 44.0. The molecule has 0 amide bonds. The number of ether oxygens (including phenoxy) is 7. The SMILES string of the molecule is C/C=C(\C)C(=O)O[C@@H]1[C@@H]2OC[C@]3(C)[C@H](OC(C)=O)C[C@H](OC(C)=O)[C@@](C)([C@@H]23)[C@H]2C[C@H](OC)O[C@H]3C[C@@H](C4=CCOC4=O)C(C)=C3[C@]12C. The molecular weight excluding hydrogens is 608 g/mol. The summed E-state index contributed by atoms with van der Waals surface area (Å²) in [7, 11) is 1.61. The molecule has 3 aliphatic heterocycles. The zero-order valence-electron chi connectivity index (χ0n) is 28.9. The molecule has 3 heterocycles. The quantitative estimate of drug-likeness (QED) is 0.175. The van der Waals surface area contributed by atoms with Crippen molar-refractivity contribution in [1.82, 2.24) is 0 Å². The van der Waals surface area contributed by atoms with Gasteiger partial charge < -0.3 is 33.2 Å². The molecule has 258 valence electrons. The summed E-state index contributed by atoms with van der Waals surface area (Å²) in [5.74, 6) is -2.60. The Kier molecular flexibility index (Phi) is 8.53. The maximum absolute atomic E-state index is 13.7. The van der Waals surface area contributed by atoms with Gasteiger partial charge in [0.2, 0.25) is 0 Å². The molecule has 11 heteroatoms. The molecule has 0 radical (unpaired) electrons. The summed E-state index contributed by atoms with van der Waals surface area (Å²) in [6.45, 7) is 15.1. The van der Waals surface area contributed by atoms with Crippen LogP contribution < -0.4 is 0 Å². The molecule has 0 aromatic heterocycles. The van der Waals surface area contributed by atoms with Crippen LogP contribution in [-0.2, 0) is 52.3 Å². The first-order valence-corrected chi connectivity index (χ1v) is 16.7. The molecule has 4 fully saturated rings. The molecule has 0 spiro atoms. The van der Waals surface area contributed by atoms with Crippen molar-refractivity contribution >= 4 is 23.9 Å². The lowest BCUT2D eigenvalue weighted by Crippen LogP contribution is -2.72. The Morgan fingerprint density at radius 1 is 0.979 bits per heavy atom. The molecule has 3 aliphatic carbocycles. The van der Waals surface area contributed by atoms with Gasteiger partial charge in [-0.2, -0.15) is 0 Å². The van der Waals surface area contributed by atoms with Crippen LogP contribution in [0.3, 0.4) is 0 Å². The van der Waals surface area contributed by atoms with E-state index >= 15 is 0 Å².